The van der Waals surface area contributed by atoms with Gasteiger partial charge in [0.1, 0.15) is 6.54 Å². The van der Waals surface area contributed by atoms with E-state index in [2.05, 4.69) is 50.2 Å². The fraction of sp³-hybridized carbons (Fsp3) is 0.316. The van der Waals surface area contributed by atoms with Gasteiger partial charge in [0.25, 0.3) is 0 Å². The molecule has 8 heteroatoms. The van der Waals surface area contributed by atoms with Crippen LogP contribution in [0.25, 0.3) is 11.4 Å². The summed E-state index contributed by atoms with van der Waals surface area (Å²) >= 11 is 7.67. The molecule has 3 rings (SSSR count). The van der Waals surface area contributed by atoms with Gasteiger partial charge in [0, 0.05) is 34.5 Å². The van der Waals surface area contributed by atoms with Crippen molar-refractivity contribution < 1.29 is 4.52 Å². The molecule has 0 amide bonds. The van der Waals surface area contributed by atoms with Crippen molar-refractivity contribution in [3.8, 4) is 11.4 Å². The largest absolute Gasteiger partial charge is 0.357 e. The molecule has 3 aromatic rings. The number of rotatable bonds is 7. The van der Waals surface area contributed by atoms with Crippen molar-refractivity contribution in [2.24, 2.45) is 4.99 Å². The van der Waals surface area contributed by atoms with Crippen LogP contribution in [0.1, 0.15) is 30.5 Å². The second-order valence-electron chi connectivity index (χ2n) is 6.01. The summed E-state index contributed by atoms with van der Waals surface area (Å²) in [6.45, 7) is 6.11. The quantitative estimate of drug-likeness (QED) is 0.454. The monoisotopic (exact) mass is 403 g/mol. The van der Waals surface area contributed by atoms with E-state index in [1.54, 1.807) is 23.5 Å². The van der Waals surface area contributed by atoms with E-state index in [-0.39, 0.29) is 0 Å². The van der Waals surface area contributed by atoms with E-state index < -0.39 is 0 Å². The van der Waals surface area contributed by atoms with Gasteiger partial charge in [0.05, 0.1) is 0 Å². The van der Waals surface area contributed by atoms with Crippen LogP contribution >= 0.6 is 22.9 Å². The molecule has 2 aromatic heterocycles. The Bertz CT molecular complexity index is 861. The Balaban J connectivity index is 1.60. The minimum Gasteiger partial charge on any atom is -0.357 e. The lowest BCUT2D eigenvalue weighted by atomic mass is 10.1. The first kappa shape index (κ1) is 19.4. The summed E-state index contributed by atoms with van der Waals surface area (Å²) in [6.07, 6.45) is 0. The molecular weight excluding hydrogens is 382 g/mol. The van der Waals surface area contributed by atoms with Crippen LogP contribution in [0.3, 0.4) is 0 Å². The van der Waals surface area contributed by atoms with Crippen LogP contribution < -0.4 is 10.6 Å². The van der Waals surface area contributed by atoms with Crippen LogP contribution in [0.4, 0.5) is 0 Å². The van der Waals surface area contributed by atoms with Crippen molar-refractivity contribution >= 4 is 28.9 Å². The third kappa shape index (κ3) is 5.55. The van der Waals surface area contributed by atoms with Crippen molar-refractivity contribution in [2.75, 3.05) is 13.1 Å². The van der Waals surface area contributed by atoms with E-state index >= 15 is 0 Å². The van der Waals surface area contributed by atoms with E-state index in [1.807, 2.05) is 19.1 Å². The highest BCUT2D eigenvalue weighted by Crippen LogP contribution is 2.20. The van der Waals surface area contributed by atoms with Crippen LogP contribution in [0, 0.1) is 0 Å². The van der Waals surface area contributed by atoms with E-state index in [1.165, 1.54) is 4.88 Å². The molecule has 0 fully saturated rings. The summed E-state index contributed by atoms with van der Waals surface area (Å²) < 4.78 is 5.31. The predicted molar refractivity (Wildman–Crippen MR) is 110 cm³/mol. The van der Waals surface area contributed by atoms with E-state index in [0.717, 1.165) is 24.6 Å². The topological polar surface area (TPSA) is 75.3 Å². The lowest BCUT2D eigenvalue weighted by Crippen LogP contribution is -2.39. The van der Waals surface area contributed by atoms with Crippen molar-refractivity contribution in [1.82, 2.24) is 20.8 Å². The van der Waals surface area contributed by atoms with Crippen molar-refractivity contribution in [2.45, 2.75) is 26.3 Å². The highest BCUT2D eigenvalue weighted by Gasteiger charge is 2.10. The zero-order chi connectivity index (χ0) is 19.1. The summed E-state index contributed by atoms with van der Waals surface area (Å²) in [7, 11) is 0. The number of aliphatic imine (C=N–C) groups is 1. The van der Waals surface area contributed by atoms with Gasteiger partial charge in [-0.15, -0.1) is 11.3 Å². The molecule has 0 saturated carbocycles. The molecule has 0 aliphatic carbocycles. The number of nitrogens with zero attached hydrogens (tertiary/aromatic N) is 3. The number of hydrogen-bond acceptors (Lipinski definition) is 5. The predicted octanol–water partition coefficient (Wildman–Crippen LogP) is 4.31. The van der Waals surface area contributed by atoms with Crippen molar-refractivity contribution in [3.05, 3.63) is 57.6 Å². The van der Waals surface area contributed by atoms with E-state index in [4.69, 9.17) is 16.1 Å². The molecule has 2 heterocycles. The number of benzene rings is 1. The van der Waals surface area contributed by atoms with Crippen LogP contribution in [0.15, 0.2) is 51.3 Å². The first-order valence-corrected chi connectivity index (χ1v) is 10.1. The smallest absolute Gasteiger partial charge is 0.248 e. The molecule has 142 valence electrons. The van der Waals surface area contributed by atoms with E-state index in [0.29, 0.717) is 29.2 Å². The summed E-state index contributed by atoms with van der Waals surface area (Å²) in [5.41, 5.74) is 0.855. The van der Waals surface area contributed by atoms with Gasteiger partial charge in [-0.25, -0.2) is 4.99 Å². The Morgan fingerprint density at radius 2 is 2.07 bits per heavy atom. The first-order valence-electron chi connectivity index (χ1n) is 8.79. The van der Waals surface area contributed by atoms with Gasteiger partial charge >= 0.3 is 0 Å². The van der Waals surface area contributed by atoms with Gasteiger partial charge in [-0.2, -0.15) is 4.98 Å². The summed E-state index contributed by atoms with van der Waals surface area (Å²) in [4.78, 5) is 10.3. The summed E-state index contributed by atoms with van der Waals surface area (Å²) in [5, 5.41) is 13.4. The molecule has 0 radical (unpaired) electrons. The summed E-state index contributed by atoms with van der Waals surface area (Å²) in [5.74, 6) is 2.13. The molecule has 0 spiro atoms. The second-order valence-corrected chi connectivity index (χ2v) is 7.43. The minimum absolute atomic E-state index is 0.309. The SMILES string of the molecule is CCNC(=NCc1nc(-c2ccc(Cl)cc2)no1)NCC(C)c1cccs1. The zero-order valence-electron chi connectivity index (χ0n) is 15.3. The maximum atomic E-state index is 5.91. The van der Waals surface area contributed by atoms with Crippen LogP contribution in [0.5, 0.6) is 0 Å². The Morgan fingerprint density at radius 3 is 2.78 bits per heavy atom. The molecule has 0 aliphatic rings. The minimum atomic E-state index is 0.309. The van der Waals surface area contributed by atoms with Gasteiger partial charge < -0.3 is 15.2 Å². The number of aromatic nitrogens is 2. The molecule has 0 aliphatic heterocycles. The number of hydrogen-bond donors (Lipinski definition) is 2. The Hall–Kier alpha value is -2.38. The lowest BCUT2D eigenvalue weighted by molar-refractivity contribution is 0.380. The Kier molecular flexibility index (Phi) is 6.84. The average Bonchev–Trinajstić information content (AvgIpc) is 3.36. The van der Waals surface area contributed by atoms with Gasteiger partial charge in [0.15, 0.2) is 5.96 Å². The summed E-state index contributed by atoms with van der Waals surface area (Å²) in [6, 6.07) is 11.5. The zero-order valence-corrected chi connectivity index (χ0v) is 16.8. The number of halogens is 1. The first-order chi connectivity index (χ1) is 13.2. The third-order valence-electron chi connectivity index (χ3n) is 3.89. The van der Waals surface area contributed by atoms with Crippen LogP contribution in [0.2, 0.25) is 5.02 Å². The van der Waals surface area contributed by atoms with Crippen LogP contribution in [-0.2, 0) is 6.54 Å². The molecule has 0 bridgehead atoms. The highest BCUT2D eigenvalue weighted by atomic mass is 35.5. The second kappa shape index (κ2) is 9.53. The Labute approximate surface area is 167 Å². The molecule has 27 heavy (non-hydrogen) atoms. The molecule has 1 unspecified atom stereocenters. The third-order valence-corrected chi connectivity index (χ3v) is 5.25. The molecule has 1 aromatic carbocycles. The fourth-order valence-corrected chi connectivity index (χ4v) is 3.36. The van der Waals surface area contributed by atoms with E-state index in [9.17, 15) is 0 Å². The average molecular weight is 404 g/mol. The van der Waals surface area contributed by atoms with Gasteiger partial charge in [-0.05, 0) is 42.6 Å². The molecule has 2 N–H and O–H groups in total. The highest BCUT2D eigenvalue weighted by molar-refractivity contribution is 7.10. The fourth-order valence-electron chi connectivity index (χ4n) is 2.45. The molecule has 0 saturated heterocycles. The van der Waals surface area contributed by atoms with Gasteiger partial charge in [0.2, 0.25) is 11.7 Å². The normalized spacial score (nSPS) is 12.8. The standard InChI is InChI=1S/C19H22ClN5OS/c1-3-21-19(22-11-13(2)16-5-4-10-27-16)23-12-17-24-18(25-26-17)14-6-8-15(20)9-7-14/h4-10,13H,3,11-12H2,1-2H3,(H2,21,22,23). The molecule has 1 atom stereocenters. The number of guanidine groups is 1. The maximum Gasteiger partial charge on any atom is 0.248 e. The maximum absolute atomic E-state index is 5.91. The lowest BCUT2D eigenvalue weighted by Gasteiger charge is -2.14. The van der Waals surface area contributed by atoms with Gasteiger partial charge in [-0.3, -0.25) is 0 Å². The van der Waals surface area contributed by atoms with Crippen LogP contribution in [-0.4, -0.2) is 29.2 Å². The van der Waals surface area contributed by atoms with Gasteiger partial charge in [-0.1, -0.05) is 29.7 Å². The Morgan fingerprint density at radius 1 is 1.26 bits per heavy atom. The molecule has 6 nitrogen and oxygen atoms in total. The molecular formula is C19H22ClN5OS. The van der Waals surface area contributed by atoms with Crippen molar-refractivity contribution in [3.63, 3.8) is 0 Å². The number of thiophene rings is 1. The van der Waals surface area contributed by atoms with Crippen molar-refractivity contribution in [1.29, 1.82) is 0 Å². The number of nitrogens with one attached hydrogen (secondary N) is 2.